The fourth-order valence-electron chi connectivity index (χ4n) is 2.87. The Morgan fingerprint density at radius 2 is 2.23 bits per heavy atom. The van der Waals surface area contributed by atoms with Gasteiger partial charge in [-0.15, -0.1) is 0 Å². The Morgan fingerprint density at radius 1 is 1.41 bits per heavy atom. The summed E-state index contributed by atoms with van der Waals surface area (Å²) in [6, 6.07) is 1.31. The second kappa shape index (κ2) is 6.52. The largest absolute Gasteiger partial charge is 0.502 e. The van der Waals surface area contributed by atoms with Gasteiger partial charge in [0.2, 0.25) is 11.3 Å². The molecule has 6 nitrogen and oxygen atoms in total. The molecule has 1 aliphatic carbocycles. The van der Waals surface area contributed by atoms with Gasteiger partial charge in [0.05, 0.1) is 12.5 Å². The molecule has 1 saturated carbocycles. The number of carbonyl (C=O) groups excluding carboxylic acids is 1. The van der Waals surface area contributed by atoms with Crippen LogP contribution in [0.2, 0.25) is 0 Å². The number of nitrogens with one attached hydrogen (secondary N) is 1. The highest BCUT2D eigenvalue weighted by Crippen LogP contribution is 2.28. The minimum atomic E-state index is -0.433. The smallest absolute Gasteiger partial charge is 0.226 e. The number of likely N-dealkylation sites (tertiary alicyclic amines) is 1. The second-order valence-electron chi connectivity index (χ2n) is 6.36. The van der Waals surface area contributed by atoms with Crippen molar-refractivity contribution in [2.45, 2.75) is 32.2 Å². The molecular formula is C16H22N2O4. The lowest BCUT2D eigenvalue weighted by Gasteiger charge is -2.31. The number of carbonyl (C=O) groups is 1. The van der Waals surface area contributed by atoms with E-state index in [-0.39, 0.29) is 17.6 Å². The van der Waals surface area contributed by atoms with Gasteiger partial charge in [-0.05, 0) is 38.1 Å². The van der Waals surface area contributed by atoms with Crippen molar-refractivity contribution in [2.75, 3.05) is 19.6 Å². The molecule has 1 aromatic rings. The van der Waals surface area contributed by atoms with Crippen LogP contribution in [-0.4, -0.2) is 35.5 Å². The number of amides is 1. The maximum Gasteiger partial charge on any atom is 0.226 e. The maximum absolute atomic E-state index is 12.2. The summed E-state index contributed by atoms with van der Waals surface area (Å²) in [5.74, 6) is 0.983. The normalized spacial score (nSPS) is 22.5. The van der Waals surface area contributed by atoms with Crippen molar-refractivity contribution in [2.24, 2.45) is 11.8 Å². The van der Waals surface area contributed by atoms with E-state index in [0.29, 0.717) is 24.8 Å². The third-order valence-corrected chi connectivity index (χ3v) is 4.38. The van der Waals surface area contributed by atoms with Gasteiger partial charge in [0.15, 0.2) is 5.75 Å². The van der Waals surface area contributed by atoms with Crippen molar-refractivity contribution in [1.29, 1.82) is 0 Å². The van der Waals surface area contributed by atoms with Crippen LogP contribution in [0.15, 0.2) is 21.5 Å². The summed E-state index contributed by atoms with van der Waals surface area (Å²) >= 11 is 0. The van der Waals surface area contributed by atoms with Crippen LogP contribution in [0, 0.1) is 11.8 Å². The molecule has 0 spiro atoms. The Hall–Kier alpha value is -1.82. The lowest BCUT2D eigenvalue weighted by molar-refractivity contribution is -0.126. The van der Waals surface area contributed by atoms with E-state index >= 15 is 0 Å². The van der Waals surface area contributed by atoms with E-state index < -0.39 is 5.43 Å². The number of aromatic hydroxyl groups is 1. The number of hydrogen-bond acceptors (Lipinski definition) is 5. The molecule has 2 heterocycles. The van der Waals surface area contributed by atoms with Crippen LogP contribution >= 0.6 is 0 Å². The molecule has 1 amide bonds. The third kappa shape index (κ3) is 3.88. The molecule has 120 valence electrons. The molecular weight excluding hydrogens is 284 g/mol. The first-order chi connectivity index (χ1) is 10.6. The molecule has 3 rings (SSSR count). The molecule has 0 bridgehead atoms. The van der Waals surface area contributed by atoms with Gasteiger partial charge in [0.25, 0.3) is 0 Å². The summed E-state index contributed by atoms with van der Waals surface area (Å²) in [6.07, 6.45) is 5.41. The molecule has 2 N–H and O–H groups in total. The Balaban J connectivity index is 1.54. The molecule has 2 fully saturated rings. The molecule has 0 radical (unpaired) electrons. The Labute approximate surface area is 129 Å². The first-order valence-corrected chi connectivity index (χ1v) is 7.92. The monoisotopic (exact) mass is 306 g/mol. The molecule has 1 saturated heterocycles. The van der Waals surface area contributed by atoms with Crippen molar-refractivity contribution in [3.05, 3.63) is 28.3 Å². The van der Waals surface area contributed by atoms with Crippen molar-refractivity contribution >= 4 is 5.91 Å². The molecule has 1 aliphatic heterocycles. The van der Waals surface area contributed by atoms with E-state index in [1.807, 2.05) is 0 Å². The molecule has 1 aromatic heterocycles. The highest BCUT2D eigenvalue weighted by molar-refractivity contribution is 5.79. The summed E-state index contributed by atoms with van der Waals surface area (Å²) in [6.45, 7) is 2.86. The summed E-state index contributed by atoms with van der Waals surface area (Å²) in [7, 11) is 0. The van der Waals surface area contributed by atoms with Crippen LogP contribution in [0.1, 0.15) is 31.4 Å². The van der Waals surface area contributed by atoms with E-state index in [1.165, 1.54) is 18.9 Å². The molecule has 0 aromatic carbocycles. The Morgan fingerprint density at radius 3 is 2.95 bits per heavy atom. The summed E-state index contributed by atoms with van der Waals surface area (Å²) in [4.78, 5) is 25.7. The maximum atomic E-state index is 12.2. The van der Waals surface area contributed by atoms with E-state index in [4.69, 9.17) is 4.42 Å². The Kier molecular flexibility index (Phi) is 4.47. The zero-order valence-corrected chi connectivity index (χ0v) is 12.6. The third-order valence-electron chi connectivity index (χ3n) is 4.38. The van der Waals surface area contributed by atoms with Gasteiger partial charge >= 0.3 is 0 Å². The van der Waals surface area contributed by atoms with Gasteiger partial charge in [0, 0.05) is 19.2 Å². The second-order valence-corrected chi connectivity index (χ2v) is 6.36. The molecule has 1 unspecified atom stereocenters. The highest BCUT2D eigenvalue weighted by atomic mass is 16.4. The minimum Gasteiger partial charge on any atom is -0.502 e. The Bertz CT molecular complexity index is 594. The zero-order valence-electron chi connectivity index (χ0n) is 12.6. The fraction of sp³-hybridized carbons (Fsp3) is 0.625. The number of piperidine rings is 1. The van der Waals surface area contributed by atoms with Crippen LogP contribution < -0.4 is 10.7 Å². The number of hydrogen-bond donors (Lipinski definition) is 2. The van der Waals surface area contributed by atoms with Crippen LogP contribution in [-0.2, 0) is 11.3 Å². The van der Waals surface area contributed by atoms with E-state index in [2.05, 4.69) is 10.2 Å². The lowest BCUT2D eigenvalue weighted by Crippen LogP contribution is -2.43. The van der Waals surface area contributed by atoms with E-state index in [0.717, 1.165) is 32.2 Å². The lowest BCUT2D eigenvalue weighted by atomic mass is 9.97. The topological polar surface area (TPSA) is 82.8 Å². The standard InChI is InChI=1S/C16H22N2O4/c19-14-6-13(22-10-15(14)20)9-18-5-1-2-12(8-18)16(21)17-7-11-3-4-11/h6,10-12,20H,1-5,7-9H2,(H,17,21). The highest BCUT2D eigenvalue weighted by Gasteiger charge is 2.28. The summed E-state index contributed by atoms with van der Waals surface area (Å²) in [5.41, 5.74) is -0.433. The van der Waals surface area contributed by atoms with Gasteiger partial charge in [-0.2, -0.15) is 0 Å². The van der Waals surface area contributed by atoms with Gasteiger partial charge in [-0.3, -0.25) is 14.5 Å². The molecule has 6 heteroatoms. The minimum absolute atomic E-state index is 0.0105. The van der Waals surface area contributed by atoms with Gasteiger partial charge in [-0.25, -0.2) is 0 Å². The predicted octanol–water partition coefficient (Wildman–Crippen LogP) is 1.08. The van der Waals surface area contributed by atoms with Crippen LogP contribution in [0.25, 0.3) is 0 Å². The first-order valence-electron chi connectivity index (χ1n) is 7.92. The average Bonchev–Trinajstić information content (AvgIpc) is 3.33. The van der Waals surface area contributed by atoms with Crippen molar-refractivity contribution < 1.29 is 14.3 Å². The quantitative estimate of drug-likeness (QED) is 0.850. The van der Waals surface area contributed by atoms with Crippen LogP contribution in [0.3, 0.4) is 0 Å². The van der Waals surface area contributed by atoms with Gasteiger partial charge in [0.1, 0.15) is 12.0 Å². The summed E-state index contributed by atoms with van der Waals surface area (Å²) in [5, 5.41) is 12.2. The first kappa shape index (κ1) is 15.1. The van der Waals surface area contributed by atoms with Crippen molar-refractivity contribution in [3.8, 4) is 5.75 Å². The SMILES string of the molecule is O=C(NCC1CC1)C1CCCN(Cc2cc(=O)c(O)co2)C1. The predicted molar refractivity (Wildman–Crippen MR) is 80.4 cm³/mol. The van der Waals surface area contributed by atoms with Gasteiger partial charge in [-0.1, -0.05) is 0 Å². The summed E-state index contributed by atoms with van der Waals surface area (Å²) < 4.78 is 5.23. The molecule has 1 atom stereocenters. The van der Waals surface area contributed by atoms with E-state index in [9.17, 15) is 14.7 Å². The van der Waals surface area contributed by atoms with Crippen molar-refractivity contribution in [3.63, 3.8) is 0 Å². The van der Waals surface area contributed by atoms with Crippen LogP contribution in [0.5, 0.6) is 5.75 Å². The molecule has 22 heavy (non-hydrogen) atoms. The number of rotatable bonds is 5. The number of nitrogens with zero attached hydrogens (tertiary/aromatic N) is 1. The van der Waals surface area contributed by atoms with Crippen LogP contribution in [0.4, 0.5) is 0 Å². The molecule has 2 aliphatic rings. The van der Waals surface area contributed by atoms with Gasteiger partial charge < -0.3 is 14.8 Å². The van der Waals surface area contributed by atoms with E-state index in [1.54, 1.807) is 0 Å². The zero-order chi connectivity index (χ0) is 15.5. The van der Waals surface area contributed by atoms with Crippen molar-refractivity contribution in [1.82, 2.24) is 10.2 Å². The average molecular weight is 306 g/mol. The fourth-order valence-corrected chi connectivity index (χ4v) is 2.87.